The van der Waals surface area contributed by atoms with Gasteiger partial charge in [0.15, 0.2) is 0 Å². The number of para-hydroxylation sites is 1. The average Bonchev–Trinajstić information content (AvgIpc) is 2.42. The Morgan fingerprint density at radius 3 is 2.33 bits per heavy atom. The molecule has 0 spiro atoms. The van der Waals surface area contributed by atoms with Gasteiger partial charge in [0.05, 0.1) is 21.3 Å². The summed E-state index contributed by atoms with van der Waals surface area (Å²) < 4.78 is 0. The molecule has 0 aliphatic rings. The van der Waals surface area contributed by atoms with Crippen molar-refractivity contribution in [2.24, 2.45) is 0 Å². The molecule has 1 amide bonds. The number of nitrogens with one attached hydrogen (secondary N) is 1. The van der Waals surface area contributed by atoms with E-state index in [1.165, 1.54) is 0 Å². The van der Waals surface area contributed by atoms with Gasteiger partial charge in [-0.15, -0.1) is 0 Å². The lowest BCUT2D eigenvalue weighted by Crippen LogP contribution is -2.19. The molecule has 0 bridgehead atoms. The fourth-order valence-corrected chi connectivity index (χ4v) is 2.42. The summed E-state index contributed by atoms with van der Waals surface area (Å²) >= 11 is 12.1. The zero-order chi connectivity index (χ0) is 15.6. The van der Waals surface area contributed by atoms with Gasteiger partial charge in [-0.05, 0) is 30.3 Å². The highest BCUT2D eigenvalue weighted by atomic mass is 35.5. The number of anilines is 3. The summed E-state index contributed by atoms with van der Waals surface area (Å²) in [4.78, 5) is 14.3. The van der Waals surface area contributed by atoms with Gasteiger partial charge in [-0.3, -0.25) is 4.79 Å². The van der Waals surface area contributed by atoms with Crippen LogP contribution in [0.2, 0.25) is 10.0 Å². The summed E-state index contributed by atoms with van der Waals surface area (Å²) in [5.41, 5.74) is 7.87. The van der Waals surface area contributed by atoms with Crippen molar-refractivity contribution in [3.8, 4) is 0 Å². The van der Waals surface area contributed by atoms with Gasteiger partial charge in [0.25, 0.3) is 5.91 Å². The van der Waals surface area contributed by atoms with Crippen molar-refractivity contribution in [2.45, 2.75) is 0 Å². The lowest BCUT2D eigenvalue weighted by atomic mass is 10.1. The summed E-state index contributed by atoms with van der Waals surface area (Å²) in [5.74, 6) is -0.319. The van der Waals surface area contributed by atoms with E-state index >= 15 is 0 Å². The number of hydrogen-bond acceptors (Lipinski definition) is 3. The van der Waals surface area contributed by atoms with E-state index in [2.05, 4.69) is 5.32 Å². The smallest absolute Gasteiger partial charge is 0.257 e. The van der Waals surface area contributed by atoms with E-state index in [-0.39, 0.29) is 5.91 Å². The maximum atomic E-state index is 12.5. The fourth-order valence-electron chi connectivity index (χ4n) is 1.92. The van der Waals surface area contributed by atoms with Crippen LogP contribution in [0.4, 0.5) is 17.1 Å². The van der Waals surface area contributed by atoms with Crippen molar-refractivity contribution >= 4 is 46.2 Å². The standard InChI is InChI=1S/C15H15Cl2N3O/c1-20(2)13-7-6-9(18)8-10(13)15(21)19-14-11(16)4-3-5-12(14)17/h3-8H,18H2,1-2H3,(H,19,21). The molecule has 21 heavy (non-hydrogen) atoms. The molecular weight excluding hydrogens is 309 g/mol. The number of amides is 1. The first-order valence-electron chi connectivity index (χ1n) is 6.22. The molecular formula is C15H15Cl2N3O. The average molecular weight is 324 g/mol. The molecule has 3 N–H and O–H groups in total. The van der Waals surface area contributed by atoms with Crippen LogP contribution in [0.15, 0.2) is 36.4 Å². The van der Waals surface area contributed by atoms with Crippen LogP contribution < -0.4 is 16.0 Å². The second-order valence-corrected chi connectivity index (χ2v) is 5.54. The molecule has 2 aromatic carbocycles. The maximum absolute atomic E-state index is 12.5. The molecule has 0 aromatic heterocycles. The van der Waals surface area contributed by atoms with Gasteiger partial charge < -0.3 is 16.0 Å². The van der Waals surface area contributed by atoms with Crippen molar-refractivity contribution < 1.29 is 4.79 Å². The van der Waals surface area contributed by atoms with Crippen molar-refractivity contribution in [1.82, 2.24) is 0 Å². The van der Waals surface area contributed by atoms with Crippen molar-refractivity contribution in [1.29, 1.82) is 0 Å². The minimum Gasteiger partial charge on any atom is -0.399 e. The van der Waals surface area contributed by atoms with Crippen LogP contribution in [-0.2, 0) is 0 Å². The number of nitrogens with two attached hydrogens (primary N) is 1. The molecule has 0 aliphatic heterocycles. The van der Waals surface area contributed by atoms with Crippen molar-refractivity contribution in [3.05, 3.63) is 52.0 Å². The number of nitrogen functional groups attached to an aromatic ring is 1. The van der Waals surface area contributed by atoms with Gasteiger partial charge in [0.2, 0.25) is 0 Å². The molecule has 6 heteroatoms. The van der Waals surface area contributed by atoms with E-state index in [1.54, 1.807) is 36.4 Å². The second-order valence-electron chi connectivity index (χ2n) is 4.72. The first kappa shape index (κ1) is 15.5. The summed E-state index contributed by atoms with van der Waals surface area (Å²) in [7, 11) is 3.70. The minimum absolute atomic E-state index is 0.319. The Labute approximate surface area is 133 Å². The molecule has 0 aliphatic carbocycles. The Kier molecular flexibility index (Phi) is 4.60. The van der Waals surface area contributed by atoms with E-state index < -0.39 is 0 Å². The molecule has 0 radical (unpaired) electrons. The van der Waals surface area contributed by atoms with Crippen LogP contribution in [0.5, 0.6) is 0 Å². The van der Waals surface area contributed by atoms with Crippen LogP contribution in [0, 0.1) is 0 Å². The number of nitrogens with zero attached hydrogens (tertiary/aromatic N) is 1. The number of carbonyl (C=O) groups excluding carboxylic acids is 1. The highest BCUT2D eigenvalue weighted by molar-refractivity contribution is 6.40. The summed E-state index contributed by atoms with van der Waals surface area (Å²) in [6.07, 6.45) is 0. The van der Waals surface area contributed by atoms with Crippen LogP contribution in [-0.4, -0.2) is 20.0 Å². The number of hydrogen-bond donors (Lipinski definition) is 2. The van der Waals surface area contributed by atoms with Gasteiger partial charge in [-0.25, -0.2) is 0 Å². The lowest BCUT2D eigenvalue weighted by molar-refractivity contribution is 0.102. The number of carbonyl (C=O) groups is 1. The molecule has 0 unspecified atom stereocenters. The predicted molar refractivity (Wildman–Crippen MR) is 89.6 cm³/mol. The third kappa shape index (κ3) is 3.40. The largest absolute Gasteiger partial charge is 0.399 e. The van der Waals surface area contributed by atoms with E-state index in [0.717, 1.165) is 5.69 Å². The van der Waals surface area contributed by atoms with Crippen molar-refractivity contribution in [3.63, 3.8) is 0 Å². The number of halogens is 2. The highest BCUT2D eigenvalue weighted by Gasteiger charge is 2.16. The maximum Gasteiger partial charge on any atom is 0.257 e. The van der Waals surface area contributed by atoms with Gasteiger partial charge >= 0.3 is 0 Å². The predicted octanol–water partition coefficient (Wildman–Crippen LogP) is 3.89. The first-order valence-corrected chi connectivity index (χ1v) is 6.98. The Bertz CT molecular complexity index is 666. The van der Waals surface area contributed by atoms with Gasteiger partial charge in [-0.1, -0.05) is 29.3 Å². The molecule has 2 rings (SSSR count). The Morgan fingerprint density at radius 2 is 1.76 bits per heavy atom. The van der Waals surface area contributed by atoms with Crippen molar-refractivity contribution in [2.75, 3.05) is 30.0 Å². The van der Waals surface area contributed by atoms with E-state index in [4.69, 9.17) is 28.9 Å². The lowest BCUT2D eigenvalue weighted by Gasteiger charge is -2.18. The Hall–Kier alpha value is -1.91. The monoisotopic (exact) mass is 323 g/mol. The molecule has 2 aromatic rings. The third-order valence-corrected chi connectivity index (χ3v) is 3.58. The SMILES string of the molecule is CN(C)c1ccc(N)cc1C(=O)Nc1c(Cl)cccc1Cl. The van der Waals surface area contributed by atoms with Crippen LogP contribution in [0.25, 0.3) is 0 Å². The molecule has 0 fully saturated rings. The quantitative estimate of drug-likeness (QED) is 0.842. The number of benzene rings is 2. The Balaban J connectivity index is 2.39. The van der Waals surface area contributed by atoms with Gasteiger partial charge in [0.1, 0.15) is 0 Å². The van der Waals surface area contributed by atoms with Gasteiger partial charge in [-0.2, -0.15) is 0 Å². The Morgan fingerprint density at radius 1 is 1.14 bits per heavy atom. The molecule has 0 saturated heterocycles. The summed E-state index contributed by atoms with van der Waals surface area (Å²) in [6, 6.07) is 10.2. The third-order valence-electron chi connectivity index (χ3n) is 2.95. The molecule has 4 nitrogen and oxygen atoms in total. The summed E-state index contributed by atoms with van der Waals surface area (Å²) in [6.45, 7) is 0. The van der Waals surface area contributed by atoms with Crippen LogP contribution in [0.3, 0.4) is 0 Å². The zero-order valence-electron chi connectivity index (χ0n) is 11.7. The highest BCUT2D eigenvalue weighted by Crippen LogP contribution is 2.31. The molecule has 110 valence electrons. The molecule has 0 heterocycles. The first-order chi connectivity index (χ1) is 9.90. The zero-order valence-corrected chi connectivity index (χ0v) is 13.2. The molecule has 0 saturated carbocycles. The summed E-state index contributed by atoms with van der Waals surface area (Å²) in [5, 5.41) is 3.49. The fraction of sp³-hybridized carbons (Fsp3) is 0.133. The van der Waals surface area contributed by atoms with Crippen LogP contribution >= 0.6 is 23.2 Å². The van der Waals surface area contributed by atoms with Crippen LogP contribution in [0.1, 0.15) is 10.4 Å². The minimum atomic E-state index is -0.319. The van der Waals surface area contributed by atoms with E-state index in [0.29, 0.717) is 27.0 Å². The van der Waals surface area contributed by atoms with E-state index in [9.17, 15) is 4.79 Å². The van der Waals surface area contributed by atoms with Gasteiger partial charge in [0, 0.05) is 25.5 Å². The second kappa shape index (κ2) is 6.24. The number of rotatable bonds is 3. The molecule has 0 atom stereocenters. The van der Waals surface area contributed by atoms with E-state index in [1.807, 2.05) is 19.0 Å². The topological polar surface area (TPSA) is 58.4 Å². The normalized spacial score (nSPS) is 10.3.